The number of H-pyrrole nitrogens is 1. The Morgan fingerprint density at radius 1 is 1.12 bits per heavy atom. The smallest absolute Gasteiger partial charge is 0.384 e. The molecular weight excluding hydrogens is 396 g/mol. The van der Waals surface area contributed by atoms with E-state index in [0.29, 0.717) is 12.1 Å². The van der Waals surface area contributed by atoms with Gasteiger partial charge in [0.15, 0.2) is 0 Å². The number of nitriles is 2. The quantitative estimate of drug-likeness (QED) is 0.716. The van der Waals surface area contributed by atoms with Crippen molar-refractivity contribution in [3.8, 4) is 23.3 Å². The normalized spacial score (nSPS) is 11.0. The van der Waals surface area contributed by atoms with Gasteiger partial charge in [-0.2, -0.15) is 23.7 Å². The van der Waals surface area contributed by atoms with Gasteiger partial charge in [0.25, 0.3) is 5.56 Å². The number of halogens is 5. The fourth-order valence-electron chi connectivity index (χ4n) is 2.09. The maximum atomic E-state index is 14.2. The molecule has 24 heavy (non-hydrogen) atoms. The molecule has 2 rings (SSSR count). The van der Waals surface area contributed by atoms with E-state index in [-0.39, 0.29) is 0 Å². The van der Waals surface area contributed by atoms with E-state index in [1.54, 1.807) is 6.07 Å². The number of anilines is 1. The lowest BCUT2D eigenvalue weighted by atomic mass is 9.94. The van der Waals surface area contributed by atoms with E-state index in [2.05, 4.69) is 15.9 Å². The van der Waals surface area contributed by atoms with Crippen LogP contribution in [-0.4, -0.2) is 4.98 Å². The summed E-state index contributed by atoms with van der Waals surface area (Å²) in [7, 11) is 0. The van der Waals surface area contributed by atoms with Crippen LogP contribution in [0.5, 0.6) is 0 Å². The summed E-state index contributed by atoms with van der Waals surface area (Å²) in [4.78, 5) is 13.8. The molecule has 0 unspecified atom stereocenters. The average molecular weight is 401 g/mol. The first-order chi connectivity index (χ1) is 11.1. The summed E-state index contributed by atoms with van der Waals surface area (Å²) in [5.74, 6) is -1.65. The standard InChI is InChI=1S/C14H5BrF4N4O/c15-11-7(14(17,18)19)1-2-8(16)10(11)9-5(3-20)12(22)23-13(24)6(9)4-21/h1-2H,(H3,22,23,24). The Bertz CT molecular complexity index is 983. The number of alkyl halides is 3. The molecule has 1 aromatic heterocycles. The van der Waals surface area contributed by atoms with Crippen LogP contribution in [0.3, 0.4) is 0 Å². The molecule has 0 fully saturated rings. The van der Waals surface area contributed by atoms with E-state index in [1.165, 1.54) is 6.07 Å². The van der Waals surface area contributed by atoms with Crippen molar-refractivity contribution in [2.45, 2.75) is 6.18 Å². The van der Waals surface area contributed by atoms with Gasteiger partial charge in [0, 0.05) is 15.6 Å². The van der Waals surface area contributed by atoms with E-state index in [0.717, 1.165) is 0 Å². The van der Waals surface area contributed by atoms with Crippen LogP contribution >= 0.6 is 15.9 Å². The molecule has 0 spiro atoms. The van der Waals surface area contributed by atoms with E-state index in [1.807, 2.05) is 4.98 Å². The number of pyridine rings is 1. The number of aromatic amines is 1. The second-order valence-corrected chi connectivity index (χ2v) is 5.29. The van der Waals surface area contributed by atoms with Crippen molar-refractivity contribution in [1.29, 1.82) is 10.5 Å². The van der Waals surface area contributed by atoms with Crippen LogP contribution < -0.4 is 11.3 Å². The van der Waals surface area contributed by atoms with Gasteiger partial charge in [-0.3, -0.25) is 4.79 Å². The Balaban J connectivity index is 3.07. The highest BCUT2D eigenvalue weighted by Crippen LogP contribution is 2.43. The highest BCUT2D eigenvalue weighted by Gasteiger charge is 2.36. The molecule has 0 saturated carbocycles. The molecule has 1 heterocycles. The molecular formula is C14H5BrF4N4O. The molecule has 10 heteroatoms. The first-order valence-corrected chi connectivity index (χ1v) is 6.84. The number of nitrogens with two attached hydrogens (primary N) is 1. The summed E-state index contributed by atoms with van der Waals surface area (Å²) < 4.78 is 52.6. The third-order valence-corrected chi connectivity index (χ3v) is 3.94. The second-order valence-electron chi connectivity index (χ2n) is 4.50. The Hall–Kier alpha value is -2.85. The second kappa shape index (κ2) is 5.98. The zero-order chi connectivity index (χ0) is 18.2. The molecule has 0 bridgehead atoms. The molecule has 2 aromatic rings. The van der Waals surface area contributed by atoms with Gasteiger partial charge in [-0.25, -0.2) is 4.39 Å². The van der Waals surface area contributed by atoms with Crippen molar-refractivity contribution in [2.24, 2.45) is 0 Å². The first kappa shape index (κ1) is 17.5. The van der Waals surface area contributed by atoms with Crippen molar-refractivity contribution >= 4 is 21.7 Å². The Morgan fingerprint density at radius 2 is 1.71 bits per heavy atom. The maximum absolute atomic E-state index is 14.2. The molecule has 0 radical (unpaired) electrons. The molecule has 0 aliphatic rings. The number of aromatic nitrogens is 1. The molecule has 1 aromatic carbocycles. The average Bonchev–Trinajstić information content (AvgIpc) is 2.46. The molecule has 3 N–H and O–H groups in total. The van der Waals surface area contributed by atoms with Gasteiger partial charge < -0.3 is 10.7 Å². The first-order valence-electron chi connectivity index (χ1n) is 6.05. The highest BCUT2D eigenvalue weighted by atomic mass is 79.9. The lowest BCUT2D eigenvalue weighted by Gasteiger charge is -2.16. The van der Waals surface area contributed by atoms with Crippen LogP contribution in [0.4, 0.5) is 23.4 Å². The van der Waals surface area contributed by atoms with Gasteiger partial charge in [-0.05, 0) is 28.1 Å². The summed E-state index contributed by atoms with van der Waals surface area (Å²) in [5, 5.41) is 18.3. The SMILES string of the molecule is N#Cc1c(N)[nH]c(=O)c(C#N)c1-c1c(F)ccc(C(F)(F)F)c1Br. The third kappa shape index (κ3) is 2.72. The predicted octanol–water partition coefficient (Wildman–Crippen LogP) is 3.29. The highest BCUT2D eigenvalue weighted by molar-refractivity contribution is 9.10. The lowest BCUT2D eigenvalue weighted by molar-refractivity contribution is -0.138. The van der Waals surface area contributed by atoms with Gasteiger partial charge in [0.2, 0.25) is 0 Å². The maximum Gasteiger partial charge on any atom is 0.417 e. The van der Waals surface area contributed by atoms with E-state index >= 15 is 0 Å². The summed E-state index contributed by atoms with van der Waals surface area (Å²) >= 11 is 2.65. The van der Waals surface area contributed by atoms with Crippen LogP contribution in [0.25, 0.3) is 11.1 Å². The molecule has 122 valence electrons. The Kier molecular flexibility index (Phi) is 4.36. The van der Waals surface area contributed by atoms with E-state index in [9.17, 15) is 22.4 Å². The van der Waals surface area contributed by atoms with Crippen molar-refractivity contribution in [1.82, 2.24) is 4.98 Å². The van der Waals surface area contributed by atoms with E-state index in [4.69, 9.17) is 16.3 Å². The van der Waals surface area contributed by atoms with Crippen LogP contribution in [0.2, 0.25) is 0 Å². The number of hydrogen-bond acceptors (Lipinski definition) is 4. The largest absolute Gasteiger partial charge is 0.417 e. The minimum atomic E-state index is -4.83. The third-order valence-electron chi connectivity index (χ3n) is 3.11. The minimum Gasteiger partial charge on any atom is -0.384 e. The van der Waals surface area contributed by atoms with Crippen LogP contribution in [0, 0.1) is 28.5 Å². The zero-order valence-corrected chi connectivity index (χ0v) is 13.0. The number of nitrogens with one attached hydrogen (secondary N) is 1. The van der Waals surface area contributed by atoms with Crippen molar-refractivity contribution in [3.63, 3.8) is 0 Å². The van der Waals surface area contributed by atoms with Gasteiger partial charge in [-0.1, -0.05) is 0 Å². The summed E-state index contributed by atoms with van der Waals surface area (Å²) in [6.45, 7) is 0. The molecule has 0 atom stereocenters. The summed E-state index contributed by atoms with van der Waals surface area (Å²) in [6, 6.07) is 4.05. The molecule has 0 amide bonds. The number of nitrogens with zero attached hydrogens (tertiary/aromatic N) is 2. The number of nitrogen functional groups attached to an aromatic ring is 1. The number of benzene rings is 1. The van der Waals surface area contributed by atoms with Crippen molar-refractivity contribution in [2.75, 3.05) is 5.73 Å². The van der Waals surface area contributed by atoms with Crippen LogP contribution in [0.15, 0.2) is 21.4 Å². The van der Waals surface area contributed by atoms with Crippen molar-refractivity contribution in [3.05, 3.63) is 49.5 Å². The molecule has 0 aliphatic carbocycles. The van der Waals surface area contributed by atoms with Gasteiger partial charge in [-0.15, -0.1) is 0 Å². The van der Waals surface area contributed by atoms with Gasteiger partial charge in [0.1, 0.15) is 34.9 Å². The minimum absolute atomic E-state index is 0.486. The number of rotatable bonds is 1. The molecule has 0 aliphatic heterocycles. The fourth-order valence-corrected chi connectivity index (χ4v) is 2.84. The fraction of sp³-hybridized carbons (Fsp3) is 0.0714. The van der Waals surface area contributed by atoms with Gasteiger partial charge in [0.05, 0.1) is 5.56 Å². The zero-order valence-electron chi connectivity index (χ0n) is 11.4. The van der Waals surface area contributed by atoms with Gasteiger partial charge >= 0.3 is 6.18 Å². The topological polar surface area (TPSA) is 106 Å². The number of hydrogen-bond donors (Lipinski definition) is 2. The Labute approximate surface area is 140 Å². The Morgan fingerprint density at radius 3 is 2.21 bits per heavy atom. The van der Waals surface area contributed by atoms with Crippen LogP contribution in [0.1, 0.15) is 16.7 Å². The van der Waals surface area contributed by atoms with Crippen molar-refractivity contribution < 1.29 is 17.6 Å². The van der Waals surface area contributed by atoms with E-state index < -0.39 is 55.7 Å². The lowest BCUT2D eigenvalue weighted by Crippen LogP contribution is -2.17. The molecule has 0 saturated heterocycles. The summed E-state index contributed by atoms with van der Waals surface area (Å²) in [5.41, 5.74) is 0.619. The van der Waals surface area contributed by atoms with Crippen LogP contribution in [-0.2, 0) is 6.18 Å². The monoisotopic (exact) mass is 400 g/mol. The molecule has 5 nitrogen and oxygen atoms in total. The summed E-state index contributed by atoms with van der Waals surface area (Å²) in [6.07, 6.45) is -4.83. The predicted molar refractivity (Wildman–Crippen MR) is 79.0 cm³/mol.